The molecule has 10 heteroatoms. The number of anilines is 1. The minimum atomic E-state index is -0.967. The van der Waals surface area contributed by atoms with E-state index in [2.05, 4.69) is 25.3 Å². The van der Waals surface area contributed by atoms with Crippen LogP contribution in [0.25, 0.3) is 5.65 Å². The van der Waals surface area contributed by atoms with Gasteiger partial charge in [0.1, 0.15) is 5.82 Å². The van der Waals surface area contributed by atoms with Crippen LogP contribution in [0, 0.1) is 6.92 Å². The van der Waals surface area contributed by atoms with Crippen LogP contribution in [0.3, 0.4) is 0 Å². The standard InChI is InChI=1S/C19H21N7O3/c1-13-22-16-11-20-12-17(26(16)23-13)24-6-8-25(9-7-24)19(29)21-10-14-2-4-15(5-3-14)18(27)28/h2-5,11-12H,6-10H2,1H3,(H,21,29)(H,27,28). The summed E-state index contributed by atoms with van der Waals surface area (Å²) in [7, 11) is 0. The first-order valence-electron chi connectivity index (χ1n) is 9.28. The first kappa shape index (κ1) is 18.7. The highest BCUT2D eigenvalue weighted by atomic mass is 16.4. The zero-order valence-corrected chi connectivity index (χ0v) is 15.9. The normalized spacial score (nSPS) is 14.2. The number of hydrogen-bond acceptors (Lipinski definition) is 6. The SMILES string of the molecule is Cc1nc2cncc(N3CCN(C(=O)NCc4ccc(C(=O)O)cc4)CC3)n2n1. The summed E-state index contributed by atoms with van der Waals surface area (Å²) in [5.74, 6) is 0.584. The van der Waals surface area contributed by atoms with Crippen molar-refractivity contribution in [2.45, 2.75) is 13.5 Å². The van der Waals surface area contributed by atoms with Gasteiger partial charge in [0.25, 0.3) is 0 Å². The lowest BCUT2D eigenvalue weighted by Gasteiger charge is -2.35. The van der Waals surface area contributed by atoms with E-state index in [9.17, 15) is 9.59 Å². The number of carbonyl (C=O) groups excluding carboxylic acids is 1. The first-order chi connectivity index (χ1) is 14.0. The number of carboxylic acid groups (broad SMARTS) is 1. The van der Waals surface area contributed by atoms with E-state index in [4.69, 9.17) is 5.11 Å². The van der Waals surface area contributed by atoms with Crippen molar-refractivity contribution in [1.82, 2.24) is 29.8 Å². The Kier molecular flexibility index (Phi) is 4.98. The van der Waals surface area contributed by atoms with E-state index in [1.54, 1.807) is 33.9 Å². The molecule has 0 unspecified atom stereocenters. The van der Waals surface area contributed by atoms with Crippen LogP contribution in [0.15, 0.2) is 36.7 Å². The van der Waals surface area contributed by atoms with Crippen molar-refractivity contribution < 1.29 is 14.7 Å². The third-order valence-corrected chi connectivity index (χ3v) is 4.87. The van der Waals surface area contributed by atoms with E-state index in [1.807, 2.05) is 6.92 Å². The number of carbonyl (C=O) groups is 2. The van der Waals surface area contributed by atoms with Gasteiger partial charge in [-0.2, -0.15) is 4.52 Å². The summed E-state index contributed by atoms with van der Waals surface area (Å²) in [6.07, 6.45) is 3.44. The second-order valence-electron chi connectivity index (χ2n) is 6.83. The highest BCUT2D eigenvalue weighted by molar-refractivity contribution is 5.87. The van der Waals surface area contributed by atoms with Gasteiger partial charge < -0.3 is 20.2 Å². The Labute approximate surface area is 166 Å². The highest BCUT2D eigenvalue weighted by Crippen LogP contribution is 2.16. The Morgan fingerprint density at radius 2 is 1.83 bits per heavy atom. The molecule has 0 bridgehead atoms. The molecule has 2 aromatic heterocycles. The molecule has 0 saturated carbocycles. The Bertz CT molecular complexity index is 1040. The van der Waals surface area contributed by atoms with Crippen molar-refractivity contribution in [2.24, 2.45) is 0 Å². The Hall–Kier alpha value is -3.69. The van der Waals surface area contributed by atoms with E-state index in [1.165, 1.54) is 12.1 Å². The van der Waals surface area contributed by atoms with Gasteiger partial charge in [0.15, 0.2) is 11.5 Å². The molecule has 1 saturated heterocycles. The average Bonchev–Trinajstić information content (AvgIpc) is 3.12. The van der Waals surface area contributed by atoms with Crippen molar-refractivity contribution >= 4 is 23.5 Å². The molecular formula is C19H21N7O3. The fourth-order valence-corrected chi connectivity index (χ4v) is 3.32. The molecule has 3 aromatic rings. The first-order valence-corrected chi connectivity index (χ1v) is 9.28. The molecule has 2 N–H and O–H groups in total. The van der Waals surface area contributed by atoms with Gasteiger partial charge in [-0.3, -0.25) is 4.98 Å². The molecule has 2 amide bonds. The number of nitrogens with one attached hydrogen (secondary N) is 1. The molecule has 1 aliphatic rings. The molecule has 0 atom stereocenters. The summed E-state index contributed by atoms with van der Waals surface area (Å²) < 4.78 is 1.78. The van der Waals surface area contributed by atoms with Gasteiger partial charge in [-0.25, -0.2) is 14.6 Å². The van der Waals surface area contributed by atoms with E-state index in [0.717, 1.165) is 11.4 Å². The third-order valence-electron chi connectivity index (χ3n) is 4.87. The summed E-state index contributed by atoms with van der Waals surface area (Å²) in [6, 6.07) is 6.33. The van der Waals surface area contributed by atoms with Crippen molar-refractivity contribution in [3.05, 3.63) is 53.6 Å². The van der Waals surface area contributed by atoms with Crippen molar-refractivity contribution in [2.75, 3.05) is 31.1 Å². The minimum Gasteiger partial charge on any atom is -0.478 e. The zero-order chi connectivity index (χ0) is 20.4. The van der Waals surface area contributed by atoms with Crippen LogP contribution in [0.2, 0.25) is 0 Å². The molecule has 4 rings (SSSR count). The van der Waals surface area contributed by atoms with Gasteiger partial charge >= 0.3 is 12.0 Å². The maximum Gasteiger partial charge on any atom is 0.335 e. The van der Waals surface area contributed by atoms with Crippen molar-refractivity contribution in [3.63, 3.8) is 0 Å². The van der Waals surface area contributed by atoms with Crippen LogP contribution in [-0.4, -0.2) is 67.8 Å². The maximum atomic E-state index is 12.5. The predicted octanol–water partition coefficient (Wildman–Crippen LogP) is 1.16. The Balaban J connectivity index is 1.33. The number of amides is 2. The molecule has 0 radical (unpaired) electrons. The lowest BCUT2D eigenvalue weighted by molar-refractivity contribution is 0.0697. The third kappa shape index (κ3) is 3.96. The number of piperazine rings is 1. The number of nitrogens with zero attached hydrogens (tertiary/aromatic N) is 6. The summed E-state index contributed by atoms with van der Waals surface area (Å²) in [4.78, 5) is 35.8. The molecule has 1 fully saturated rings. The molecular weight excluding hydrogens is 374 g/mol. The molecule has 0 spiro atoms. The molecule has 1 aliphatic heterocycles. The second kappa shape index (κ2) is 7.74. The number of rotatable bonds is 4. The van der Waals surface area contributed by atoms with E-state index >= 15 is 0 Å². The predicted molar refractivity (Wildman–Crippen MR) is 105 cm³/mol. The topological polar surface area (TPSA) is 116 Å². The van der Waals surface area contributed by atoms with Crippen LogP contribution in [0.5, 0.6) is 0 Å². The van der Waals surface area contributed by atoms with E-state index in [-0.39, 0.29) is 11.6 Å². The smallest absolute Gasteiger partial charge is 0.335 e. The van der Waals surface area contributed by atoms with Crippen molar-refractivity contribution in [1.29, 1.82) is 0 Å². The monoisotopic (exact) mass is 395 g/mol. The lowest BCUT2D eigenvalue weighted by atomic mass is 10.1. The van der Waals surface area contributed by atoms with Gasteiger partial charge in [0.2, 0.25) is 0 Å². The van der Waals surface area contributed by atoms with Crippen LogP contribution < -0.4 is 10.2 Å². The summed E-state index contributed by atoms with van der Waals surface area (Å²) in [6.45, 7) is 4.68. The summed E-state index contributed by atoms with van der Waals surface area (Å²) in [5, 5.41) is 16.2. The molecule has 150 valence electrons. The fraction of sp³-hybridized carbons (Fsp3) is 0.316. The number of hydrogen-bond donors (Lipinski definition) is 2. The van der Waals surface area contributed by atoms with E-state index in [0.29, 0.717) is 44.2 Å². The Morgan fingerprint density at radius 3 is 2.52 bits per heavy atom. The fourth-order valence-electron chi connectivity index (χ4n) is 3.32. The molecule has 3 heterocycles. The number of fused-ring (bicyclic) bond motifs is 1. The van der Waals surface area contributed by atoms with Gasteiger partial charge in [0, 0.05) is 32.7 Å². The van der Waals surface area contributed by atoms with Gasteiger partial charge in [-0.05, 0) is 24.6 Å². The van der Waals surface area contributed by atoms with Crippen LogP contribution >= 0.6 is 0 Å². The van der Waals surface area contributed by atoms with Crippen LogP contribution in [-0.2, 0) is 6.54 Å². The molecule has 1 aromatic carbocycles. The maximum absolute atomic E-state index is 12.5. The summed E-state index contributed by atoms with van der Waals surface area (Å²) in [5.41, 5.74) is 1.78. The number of carboxylic acids is 1. The zero-order valence-electron chi connectivity index (χ0n) is 15.9. The number of urea groups is 1. The minimum absolute atomic E-state index is 0.139. The molecule has 0 aliphatic carbocycles. The number of benzene rings is 1. The average molecular weight is 395 g/mol. The van der Waals surface area contributed by atoms with Gasteiger partial charge in [0.05, 0.1) is 18.0 Å². The quantitative estimate of drug-likeness (QED) is 0.681. The molecule has 10 nitrogen and oxygen atoms in total. The second-order valence-corrected chi connectivity index (χ2v) is 6.83. The summed E-state index contributed by atoms with van der Waals surface area (Å²) >= 11 is 0. The van der Waals surface area contributed by atoms with Crippen molar-refractivity contribution in [3.8, 4) is 0 Å². The van der Waals surface area contributed by atoms with E-state index < -0.39 is 5.97 Å². The number of aromatic nitrogens is 4. The van der Waals surface area contributed by atoms with Gasteiger partial charge in [-0.15, -0.1) is 5.10 Å². The van der Waals surface area contributed by atoms with Crippen LogP contribution in [0.4, 0.5) is 10.6 Å². The van der Waals surface area contributed by atoms with Gasteiger partial charge in [-0.1, -0.05) is 12.1 Å². The Morgan fingerprint density at radius 1 is 1.10 bits per heavy atom. The number of aromatic carboxylic acids is 1. The lowest BCUT2D eigenvalue weighted by Crippen LogP contribution is -2.52. The van der Waals surface area contributed by atoms with Crippen LogP contribution in [0.1, 0.15) is 21.7 Å². The largest absolute Gasteiger partial charge is 0.478 e. The molecule has 29 heavy (non-hydrogen) atoms. The number of aryl methyl sites for hydroxylation is 1. The highest BCUT2D eigenvalue weighted by Gasteiger charge is 2.23.